The van der Waals surface area contributed by atoms with Crippen LogP contribution in [0.1, 0.15) is 28.9 Å². The highest BCUT2D eigenvalue weighted by molar-refractivity contribution is 7.11. The van der Waals surface area contributed by atoms with Gasteiger partial charge in [-0.1, -0.05) is 0 Å². The smallest absolute Gasteiger partial charge is 0.263 e. The zero-order valence-electron chi connectivity index (χ0n) is 8.14. The molecule has 5 heteroatoms. The van der Waals surface area contributed by atoms with E-state index in [-0.39, 0.29) is 17.9 Å². The first-order chi connectivity index (χ1) is 7.31. The van der Waals surface area contributed by atoms with E-state index in [2.05, 4.69) is 16.4 Å². The normalized spacial score (nSPS) is 24.7. The molecule has 1 aromatic rings. The second-order valence-electron chi connectivity index (χ2n) is 3.61. The van der Waals surface area contributed by atoms with Gasteiger partial charge in [0.2, 0.25) is 0 Å². The Labute approximate surface area is 91.9 Å². The SMILES string of the molecule is N#CC1CCCC1NC(=O)c1cncs1. The number of aromatic nitrogens is 1. The number of nitriles is 1. The van der Waals surface area contributed by atoms with E-state index in [9.17, 15) is 4.79 Å². The molecule has 2 atom stereocenters. The van der Waals surface area contributed by atoms with Crippen LogP contribution in [0.2, 0.25) is 0 Å². The maximum Gasteiger partial charge on any atom is 0.263 e. The average molecular weight is 221 g/mol. The van der Waals surface area contributed by atoms with Crippen molar-refractivity contribution >= 4 is 17.2 Å². The van der Waals surface area contributed by atoms with E-state index in [0.717, 1.165) is 19.3 Å². The van der Waals surface area contributed by atoms with Crippen LogP contribution < -0.4 is 5.32 Å². The van der Waals surface area contributed by atoms with Crippen molar-refractivity contribution in [3.05, 3.63) is 16.6 Å². The minimum Gasteiger partial charge on any atom is -0.347 e. The third-order valence-corrected chi connectivity index (χ3v) is 3.43. The highest BCUT2D eigenvalue weighted by Crippen LogP contribution is 2.25. The van der Waals surface area contributed by atoms with Gasteiger partial charge in [-0.25, -0.2) is 0 Å². The third-order valence-electron chi connectivity index (χ3n) is 2.65. The molecule has 4 nitrogen and oxygen atoms in total. The molecule has 0 aromatic carbocycles. The fourth-order valence-electron chi connectivity index (χ4n) is 1.85. The van der Waals surface area contributed by atoms with Gasteiger partial charge < -0.3 is 5.32 Å². The van der Waals surface area contributed by atoms with Gasteiger partial charge >= 0.3 is 0 Å². The number of nitrogens with zero attached hydrogens (tertiary/aromatic N) is 2. The molecule has 1 aliphatic rings. The number of rotatable bonds is 2. The Bertz CT molecular complexity index is 382. The Balaban J connectivity index is 1.98. The molecule has 0 aliphatic heterocycles. The van der Waals surface area contributed by atoms with Crippen molar-refractivity contribution in [3.63, 3.8) is 0 Å². The maximum absolute atomic E-state index is 11.7. The number of amides is 1. The first kappa shape index (κ1) is 10.1. The molecule has 78 valence electrons. The molecule has 0 saturated heterocycles. The van der Waals surface area contributed by atoms with Crippen molar-refractivity contribution in [1.29, 1.82) is 5.26 Å². The number of hydrogen-bond donors (Lipinski definition) is 1. The van der Waals surface area contributed by atoms with Crippen LogP contribution in [0.15, 0.2) is 11.7 Å². The lowest BCUT2D eigenvalue weighted by atomic mass is 10.1. The largest absolute Gasteiger partial charge is 0.347 e. The zero-order valence-corrected chi connectivity index (χ0v) is 8.96. The van der Waals surface area contributed by atoms with E-state index in [1.807, 2.05) is 0 Å². The van der Waals surface area contributed by atoms with Crippen LogP contribution in [-0.2, 0) is 0 Å². The van der Waals surface area contributed by atoms with E-state index in [1.165, 1.54) is 11.3 Å². The quantitative estimate of drug-likeness (QED) is 0.824. The molecule has 15 heavy (non-hydrogen) atoms. The van der Waals surface area contributed by atoms with E-state index in [0.29, 0.717) is 4.88 Å². The molecule has 2 rings (SSSR count). The standard InChI is InChI=1S/C10H11N3OS/c11-4-7-2-1-3-8(7)13-10(14)9-5-12-6-15-9/h5-8H,1-3H2,(H,13,14). The van der Waals surface area contributed by atoms with Gasteiger partial charge in [0.1, 0.15) is 4.88 Å². The van der Waals surface area contributed by atoms with Gasteiger partial charge in [-0.3, -0.25) is 9.78 Å². The summed E-state index contributed by atoms with van der Waals surface area (Å²) in [4.78, 5) is 16.1. The average Bonchev–Trinajstić information content (AvgIpc) is 2.87. The Morgan fingerprint density at radius 3 is 3.20 bits per heavy atom. The van der Waals surface area contributed by atoms with Gasteiger partial charge in [-0.05, 0) is 19.3 Å². The first-order valence-corrected chi connectivity index (χ1v) is 5.78. The van der Waals surface area contributed by atoms with Gasteiger partial charge in [0.05, 0.1) is 23.7 Å². The van der Waals surface area contributed by atoms with Crippen molar-refractivity contribution in [1.82, 2.24) is 10.3 Å². The van der Waals surface area contributed by atoms with Crippen molar-refractivity contribution in [2.75, 3.05) is 0 Å². The summed E-state index contributed by atoms with van der Waals surface area (Å²) in [5, 5.41) is 11.8. The molecule has 2 unspecified atom stereocenters. The second kappa shape index (κ2) is 4.41. The van der Waals surface area contributed by atoms with Crippen LogP contribution in [0, 0.1) is 17.2 Å². The van der Waals surface area contributed by atoms with Crippen molar-refractivity contribution in [3.8, 4) is 6.07 Å². The highest BCUT2D eigenvalue weighted by Gasteiger charge is 2.28. The summed E-state index contributed by atoms with van der Waals surface area (Å²) >= 11 is 1.32. The molecule has 0 radical (unpaired) electrons. The molecule has 1 amide bonds. The van der Waals surface area contributed by atoms with E-state index < -0.39 is 0 Å². The summed E-state index contributed by atoms with van der Waals surface area (Å²) in [6.07, 6.45) is 4.37. The Kier molecular flexibility index (Phi) is 2.97. The molecule has 1 fully saturated rings. The van der Waals surface area contributed by atoms with E-state index in [4.69, 9.17) is 5.26 Å². The van der Waals surface area contributed by atoms with Crippen molar-refractivity contribution < 1.29 is 4.79 Å². The predicted octanol–water partition coefficient (Wildman–Crippen LogP) is 1.57. The molecular formula is C10H11N3OS. The molecule has 0 bridgehead atoms. The van der Waals surface area contributed by atoms with Crippen LogP contribution >= 0.6 is 11.3 Å². The predicted molar refractivity (Wildman–Crippen MR) is 56.3 cm³/mol. The number of hydrogen-bond acceptors (Lipinski definition) is 4. The zero-order chi connectivity index (χ0) is 10.7. The number of thiazole rings is 1. The van der Waals surface area contributed by atoms with E-state index >= 15 is 0 Å². The summed E-state index contributed by atoms with van der Waals surface area (Å²) in [5.74, 6) is -0.133. The molecular weight excluding hydrogens is 210 g/mol. The molecule has 1 saturated carbocycles. The Morgan fingerprint density at radius 2 is 2.53 bits per heavy atom. The summed E-state index contributed by atoms with van der Waals surface area (Å²) in [5.41, 5.74) is 1.63. The van der Waals surface area contributed by atoms with Crippen LogP contribution in [-0.4, -0.2) is 16.9 Å². The fourth-order valence-corrected chi connectivity index (χ4v) is 2.38. The summed E-state index contributed by atoms with van der Waals surface area (Å²) in [6, 6.07) is 2.26. The lowest BCUT2D eigenvalue weighted by Gasteiger charge is -2.14. The van der Waals surface area contributed by atoms with E-state index in [1.54, 1.807) is 11.7 Å². The summed E-state index contributed by atoms with van der Waals surface area (Å²) in [7, 11) is 0. The molecule has 1 heterocycles. The van der Waals surface area contributed by atoms with Gasteiger partial charge in [0, 0.05) is 6.04 Å². The summed E-state index contributed by atoms with van der Waals surface area (Å²) in [6.45, 7) is 0. The monoisotopic (exact) mass is 221 g/mol. The molecule has 1 N–H and O–H groups in total. The minimum atomic E-state index is -0.107. The number of carbonyl (C=O) groups is 1. The van der Waals surface area contributed by atoms with Gasteiger partial charge in [0.15, 0.2) is 0 Å². The highest BCUT2D eigenvalue weighted by atomic mass is 32.1. The number of nitrogens with one attached hydrogen (secondary N) is 1. The maximum atomic E-state index is 11.7. The van der Waals surface area contributed by atoms with Crippen LogP contribution in [0.3, 0.4) is 0 Å². The third kappa shape index (κ3) is 2.16. The molecule has 1 aliphatic carbocycles. The van der Waals surface area contributed by atoms with Crippen LogP contribution in [0.25, 0.3) is 0 Å². The number of carbonyl (C=O) groups excluding carboxylic acids is 1. The summed E-state index contributed by atoms with van der Waals surface area (Å²) < 4.78 is 0. The fraction of sp³-hybridized carbons (Fsp3) is 0.500. The van der Waals surface area contributed by atoms with Crippen LogP contribution in [0.5, 0.6) is 0 Å². The Morgan fingerprint density at radius 1 is 1.67 bits per heavy atom. The molecule has 1 aromatic heterocycles. The van der Waals surface area contributed by atoms with Gasteiger partial charge in [-0.15, -0.1) is 11.3 Å². The van der Waals surface area contributed by atoms with Gasteiger partial charge in [0.25, 0.3) is 5.91 Å². The topological polar surface area (TPSA) is 65.8 Å². The van der Waals surface area contributed by atoms with Gasteiger partial charge in [-0.2, -0.15) is 5.26 Å². The van der Waals surface area contributed by atoms with Crippen molar-refractivity contribution in [2.45, 2.75) is 25.3 Å². The Hall–Kier alpha value is -1.41. The second-order valence-corrected chi connectivity index (χ2v) is 4.50. The van der Waals surface area contributed by atoms with Crippen molar-refractivity contribution in [2.24, 2.45) is 5.92 Å². The first-order valence-electron chi connectivity index (χ1n) is 4.90. The lowest BCUT2D eigenvalue weighted by Crippen LogP contribution is -2.36. The van der Waals surface area contributed by atoms with Crippen LogP contribution in [0.4, 0.5) is 0 Å². The molecule has 0 spiro atoms. The minimum absolute atomic E-state index is 0.0181. The lowest BCUT2D eigenvalue weighted by molar-refractivity contribution is 0.0937.